The first-order valence-electron chi connectivity index (χ1n) is 11.5. The second-order valence-electron chi connectivity index (χ2n) is 9.01. The van der Waals surface area contributed by atoms with Gasteiger partial charge in [0.25, 0.3) is 32.1 Å². The molecule has 38 heavy (non-hydrogen) atoms. The zero-order chi connectivity index (χ0) is 27.4. The zero-order valence-corrected chi connectivity index (χ0v) is 21.6. The molecular formula is C26H22N2O8S2. The van der Waals surface area contributed by atoms with E-state index in [0.29, 0.717) is 39.6 Å². The molecule has 5 rings (SSSR count). The third kappa shape index (κ3) is 4.52. The summed E-state index contributed by atoms with van der Waals surface area (Å²) in [6.45, 7) is 1.90. The number of fused-ring (bicyclic) bond motifs is 1. The Balaban J connectivity index is 1.41. The summed E-state index contributed by atoms with van der Waals surface area (Å²) in [5, 5.41) is 5.16. The van der Waals surface area contributed by atoms with Crippen LogP contribution in [0.25, 0.3) is 21.5 Å². The van der Waals surface area contributed by atoms with Gasteiger partial charge in [0, 0.05) is 40.7 Å². The maximum Gasteiger partial charge on any atom is 0.294 e. The van der Waals surface area contributed by atoms with Gasteiger partial charge in [0.2, 0.25) is 0 Å². The Morgan fingerprint density at radius 3 is 1.87 bits per heavy atom. The number of imide groups is 1. The van der Waals surface area contributed by atoms with Gasteiger partial charge in [-0.15, -0.1) is 0 Å². The Labute approximate surface area is 218 Å². The Bertz CT molecular complexity index is 1830. The Hall–Kier alpha value is -3.84. The van der Waals surface area contributed by atoms with Crippen molar-refractivity contribution in [3.8, 4) is 0 Å². The summed E-state index contributed by atoms with van der Waals surface area (Å²) in [4.78, 5) is 26.5. The fourth-order valence-corrected chi connectivity index (χ4v) is 6.00. The SMILES string of the molecule is Cc1cc(S(=O)(=O)O)cc2cc(S(=O)(=O)O)cc(NCCCN3C(=O)c4cccc5cccc(c45)C3=O)c12. The molecule has 4 aromatic rings. The van der Waals surface area contributed by atoms with Gasteiger partial charge in [-0.3, -0.25) is 23.6 Å². The molecule has 0 aliphatic carbocycles. The topological polar surface area (TPSA) is 158 Å². The predicted molar refractivity (Wildman–Crippen MR) is 141 cm³/mol. The second-order valence-corrected chi connectivity index (χ2v) is 11.9. The molecule has 1 heterocycles. The van der Waals surface area contributed by atoms with Crippen LogP contribution in [0.15, 0.2) is 70.5 Å². The van der Waals surface area contributed by atoms with Crippen LogP contribution in [0.2, 0.25) is 0 Å². The summed E-state index contributed by atoms with van der Waals surface area (Å²) in [7, 11) is -9.20. The van der Waals surface area contributed by atoms with E-state index in [4.69, 9.17) is 0 Å². The zero-order valence-electron chi connectivity index (χ0n) is 20.0. The van der Waals surface area contributed by atoms with Crippen molar-refractivity contribution < 1.29 is 35.5 Å². The number of amides is 2. The molecule has 10 nitrogen and oxygen atoms in total. The first-order valence-corrected chi connectivity index (χ1v) is 14.4. The lowest BCUT2D eigenvalue weighted by Crippen LogP contribution is -2.41. The van der Waals surface area contributed by atoms with Crippen molar-refractivity contribution in [2.45, 2.75) is 23.1 Å². The van der Waals surface area contributed by atoms with E-state index in [-0.39, 0.29) is 18.5 Å². The Morgan fingerprint density at radius 2 is 1.32 bits per heavy atom. The minimum Gasteiger partial charge on any atom is -0.384 e. The standard InChI is InChI=1S/C26H22N2O8S2/c1-15-11-18(37(31,32)33)12-17-13-19(38(34,35)36)14-22(23(15)17)27-9-4-10-28-25(29)20-7-2-5-16-6-3-8-21(24(16)20)26(28)30/h2-3,5-8,11-14,27H,4,9-10H2,1H3,(H,31,32,33)(H,34,35,36). The van der Waals surface area contributed by atoms with Gasteiger partial charge in [-0.2, -0.15) is 16.8 Å². The molecule has 12 heteroatoms. The quantitative estimate of drug-likeness (QED) is 0.175. The van der Waals surface area contributed by atoms with Crippen molar-refractivity contribution in [2.75, 3.05) is 18.4 Å². The number of hydrogen-bond donors (Lipinski definition) is 3. The van der Waals surface area contributed by atoms with Crippen molar-refractivity contribution in [1.29, 1.82) is 0 Å². The van der Waals surface area contributed by atoms with E-state index >= 15 is 0 Å². The third-order valence-electron chi connectivity index (χ3n) is 6.52. The van der Waals surface area contributed by atoms with Gasteiger partial charge >= 0.3 is 0 Å². The fraction of sp³-hybridized carbons (Fsp3) is 0.154. The number of benzene rings is 4. The molecule has 0 fully saturated rings. The van der Waals surface area contributed by atoms with Crippen molar-refractivity contribution >= 4 is 59.3 Å². The molecule has 0 aromatic heterocycles. The van der Waals surface area contributed by atoms with E-state index in [2.05, 4.69) is 5.32 Å². The third-order valence-corrected chi connectivity index (χ3v) is 8.18. The minimum atomic E-state index is -4.64. The molecule has 4 aromatic carbocycles. The highest BCUT2D eigenvalue weighted by Gasteiger charge is 2.32. The van der Waals surface area contributed by atoms with Gasteiger partial charge in [0.05, 0.1) is 9.79 Å². The fourth-order valence-electron chi connectivity index (χ4n) is 4.85. The highest BCUT2D eigenvalue weighted by atomic mass is 32.2. The maximum atomic E-state index is 13.1. The second kappa shape index (κ2) is 9.17. The van der Waals surface area contributed by atoms with Crippen molar-refractivity contribution in [3.05, 3.63) is 77.4 Å². The number of hydrogen-bond acceptors (Lipinski definition) is 7. The Morgan fingerprint density at radius 1 is 0.763 bits per heavy atom. The lowest BCUT2D eigenvalue weighted by molar-refractivity contribution is 0.0610. The van der Waals surface area contributed by atoms with Crippen molar-refractivity contribution in [2.24, 2.45) is 0 Å². The van der Waals surface area contributed by atoms with Crippen LogP contribution in [0.1, 0.15) is 32.7 Å². The summed E-state index contributed by atoms with van der Waals surface area (Å²) in [5.41, 5.74) is 1.62. The van der Waals surface area contributed by atoms with E-state index in [9.17, 15) is 35.5 Å². The monoisotopic (exact) mass is 554 g/mol. The molecule has 1 aliphatic heterocycles. The lowest BCUT2D eigenvalue weighted by atomic mass is 9.94. The highest BCUT2D eigenvalue weighted by Crippen LogP contribution is 2.33. The molecule has 0 bridgehead atoms. The molecule has 0 atom stereocenters. The number of carbonyl (C=O) groups is 2. The van der Waals surface area contributed by atoms with E-state index in [0.717, 1.165) is 17.5 Å². The summed E-state index contributed by atoms with van der Waals surface area (Å²) < 4.78 is 66.1. The van der Waals surface area contributed by atoms with Gasteiger partial charge in [0.1, 0.15) is 0 Å². The van der Waals surface area contributed by atoms with Crippen LogP contribution in [0.4, 0.5) is 5.69 Å². The molecule has 2 amide bonds. The molecule has 0 radical (unpaired) electrons. The Kier molecular flexibility index (Phi) is 6.22. The van der Waals surface area contributed by atoms with Crippen LogP contribution in [0.3, 0.4) is 0 Å². The lowest BCUT2D eigenvalue weighted by Gasteiger charge is -2.27. The minimum absolute atomic E-state index is 0.0944. The summed E-state index contributed by atoms with van der Waals surface area (Å²) >= 11 is 0. The maximum absolute atomic E-state index is 13.1. The predicted octanol–water partition coefficient (Wildman–Crippen LogP) is 3.89. The summed E-state index contributed by atoms with van der Waals surface area (Å²) in [6.07, 6.45) is 0.315. The van der Waals surface area contributed by atoms with Crippen LogP contribution in [0, 0.1) is 6.92 Å². The van der Waals surface area contributed by atoms with Gasteiger partial charge in [-0.1, -0.05) is 24.3 Å². The van der Waals surface area contributed by atoms with Gasteiger partial charge in [-0.25, -0.2) is 0 Å². The molecule has 3 N–H and O–H groups in total. The molecule has 196 valence electrons. The molecule has 0 saturated carbocycles. The van der Waals surface area contributed by atoms with Crippen LogP contribution in [-0.2, 0) is 20.2 Å². The number of aryl methyl sites for hydroxylation is 1. The smallest absolute Gasteiger partial charge is 0.294 e. The van der Waals surface area contributed by atoms with Gasteiger partial charge < -0.3 is 5.32 Å². The molecule has 0 spiro atoms. The molecule has 0 unspecified atom stereocenters. The largest absolute Gasteiger partial charge is 0.384 e. The van der Waals surface area contributed by atoms with E-state index in [1.807, 2.05) is 12.1 Å². The highest BCUT2D eigenvalue weighted by molar-refractivity contribution is 7.86. The van der Waals surface area contributed by atoms with Crippen LogP contribution in [-0.4, -0.2) is 55.7 Å². The van der Waals surface area contributed by atoms with Crippen LogP contribution < -0.4 is 5.32 Å². The molecule has 0 saturated heterocycles. The molecular weight excluding hydrogens is 532 g/mol. The van der Waals surface area contributed by atoms with E-state index < -0.39 is 41.8 Å². The first-order chi connectivity index (χ1) is 17.9. The average molecular weight is 555 g/mol. The number of nitrogens with one attached hydrogen (secondary N) is 1. The van der Waals surface area contributed by atoms with Crippen LogP contribution >= 0.6 is 0 Å². The average Bonchev–Trinajstić information content (AvgIpc) is 2.85. The van der Waals surface area contributed by atoms with Crippen molar-refractivity contribution in [1.82, 2.24) is 4.90 Å². The number of nitrogens with zero attached hydrogens (tertiary/aromatic N) is 1. The van der Waals surface area contributed by atoms with E-state index in [1.165, 1.54) is 17.0 Å². The van der Waals surface area contributed by atoms with Crippen LogP contribution in [0.5, 0.6) is 0 Å². The normalized spacial score (nSPS) is 13.9. The number of anilines is 1. The summed E-state index contributed by atoms with van der Waals surface area (Å²) in [6, 6.07) is 15.3. The molecule has 1 aliphatic rings. The number of rotatable bonds is 7. The van der Waals surface area contributed by atoms with Crippen molar-refractivity contribution in [3.63, 3.8) is 0 Å². The first kappa shape index (κ1) is 25.8. The van der Waals surface area contributed by atoms with Gasteiger partial charge in [0.15, 0.2) is 0 Å². The number of carbonyl (C=O) groups excluding carboxylic acids is 2. The van der Waals surface area contributed by atoms with Gasteiger partial charge in [-0.05, 0) is 66.1 Å². The summed E-state index contributed by atoms with van der Waals surface area (Å²) in [5.74, 6) is -0.793. The van der Waals surface area contributed by atoms with E-state index in [1.54, 1.807) is 31.2 Å².